The molecule has 0 spiro atoms. The molecule has 0 fully saturated rings. The predicted octanol–water partition coefficient (Wildman–Crippen LogP) is 1.43. The van der Waals surface area contributed by atoms with Gasteiger partial charge in [-0.15, -0.1) is 0 Å². The first-order valence-electron chi connectivity index (χ1n) is 3.81. The van der Waals surface area contributed by atoms with Crippen LogP contribution in [0.4, 0.5) is 5.69 Å². The third kappa shape index (κ3) is 1.28. The van der Waals surface area contributed by atoms with Crippen molar-refractivity contribution in [2.24, 2.45) is 0 Å². The van der Waals surface area contributed by atoms with Crippen LogP contribution in [0.25, 0.3) is 0 Å². The first kappa shape index (κ1) is 7.89. The van der Waals surface area contributed by atoms with E-state index in [1.165, 1.54) is 10.6 Å². The Hall–Kier alpha value is -0.740. The molecule has 0 atom stereocenters. The van der Waals surface area contributed by atoms with Crippen molar-refractivity contribution >= 4 is 17.6 Å². The van der Waals surface area contributed by atoms with Crippen molar-refractivity contribution in [1.29, 1.82) is 0 Å². The molecule has 64 valence electrons. The van der Waals surface area contributed by atoms with E-state index in [1.54, 1.807) is 11.9 Å². The maximum atomic E-state index is 4.09. The zero-order valence-corrected chi connectivity index (χ0v) is 8.01. The third-order valence-electron chi connectivity index (χ3n) is 1.84. The summed E-state index contributed by atoms with van der Waals surface area (Å²) in [6, 6.07) is 2.05. The number of hydrogen-bond acceptors (Lipinski definition) is 4. The lowest BCUT2D eigenvalue weighted by atomic mass is 10.4. The molecule has 2 rings (SSSR count). The molecule has 1 aliphatic heterocycles. The van der Waals surface area contributed by atoms with E-state index in [0.717, 1.165) is 6.67 Å². The van der Waals surface area contributed by atoms with Crippen molar-refractivity contribution in [2.75, 3.05) is 25.7 Å². The Labute approximate surface area is 76.5 Å². The third-order valence-corrected chi connectivity index (χ3v) is 2.78. The van der Waals surface area contributed by atoms with Gasteiger partial charge in [0.15, 0.2) is 0 Å². The summed E-state index contributed by atoms with van der Waals surface area (Å²) in [4.78, 5) is 7.54. The van der Waals surface area contributed by atoms with Crippen LogP contribution in [-0.2, 0) is 0 Å². The Balaban J connectivity index is 2.40. The Morgan fingerprint density at radius 1 is 1.50 bits per heavy atom. The van der Waals surface area contributed by atoms with E-state index in [9.17, 15) is 0 Å². The van der Waals surface area contributed by atoms with Crippen LogP contribution in [0, 0.1) is 0 Å². The van der Waals surface area contributed by atoms with Gasteiger partial charge in [-0.05, 0) is 25.1 Å². The Kier molecular flexibility index (Phi) is 1.94. The summed E-state index contributed by atoms with van der Waals surface area (Å²) < 4.78 is 2.18. The molecular formula is C8H11N3S. The maximum Gasteiger partial charge on any atom is 0.0800 e. The number of rotatable bonds is 0. The molecular weight excluding hydrogens is 170 g/mol. The van der Waals surface area contributed by atoms with Crippen LogP contribution < -0.4 is 4.90 Å². The molecule has 0 saturated carbocycles. The smallest absolute Gasteiger partial charge is 0.0800 e. The van der Waals surface area contributed by atoms with Crippen molar-refractivity contribution in [1.82, 2.24) is 9.29 Å². The highest BCUT2D eigenvalue weighted by Gasteiger charge is 2.17. The number of anilines is 1. The second-order valence-corrected chi connectivity index (χ2v) is 4.15. The lowest BCUT2D eigenvalue weighted by Gasteiger charge is -2.32. The molecule has 0 bridgehead atoms. The highest BCUT2D eigenvalue weighted by molar-refractivity contribution is 7.97. The largest absolute Gasteiger partial charge is 0.360 e. The summed E-state index contributed by atoms with van der Waals surface area (Å²) in [5, 5.41) is 0. The second kappa shape index (κ2) is 2.95. The number of fused-ring (bicyclic) bond motifs is 1. The Morgan fingerprint density at radius 3 is 3.17 bits per heavy atom. The first-order chi connectivity index (χ1) is 5.77. The number of aromatic nitrogens is 1. The van der Waals surface area contributed by atoms with Gasteiger partial charge in [0.25, 0.3) is 0 Å². The van der Waals surface area contributed by atoms with Gasteiger partial charge in [-0.2, -0.15) is 0 Å². The van der Waals surface area contributed by atoms with E-state index in [0.29, 0.717) is 0 Å². The normalized spacial score (nSPS) is 17.7. The van der Waals surface area contributed by atoms with Gasteiger partial charge in [0.2, 0.25) is 0 Å². The van der Waals surface area contributed by atoms with Crippen molar-refractivity contribution in [3.05, 3.63) is 18.5 Å². The van der Waals surface area contributed by atoms with Gasteiger partial charge >= 0.3 is 0 Å². The molecule has 0 unspecified atom stereocenters. The number of pyridine rings is 1. The minimum atomic E-state index is 0.960. The maximum absolute atomic E-state index is 4.09. The molecule has 12 heavy (non-hydrogen) atoms. The molecule has 2 heterocycles. The molecule has 1 aliphatic rings. The average Bonchev–Trinajstić information content (AvgIpc) is 2.04. The predicted molar refractivity (Wildman–Crippen MR) is 51.1 cm³/mol. The quantitative estimate of drug-likeness (QED) is 0.564. The monoisotopic (exact) mass is 181 g/mol. The molecule has 0 radical (unpaired) electrons. The zero-order valence-electron chi connectivity index (χ0n) is 7.19. The molecule has 0 aromatic carbocycles. The average molecular weight is 181 g/mol. The van der Waals surface area contributed by atoms with Crippen LogP contribution in [0.15, 0.2) is 23.4 Å². The molecule has 1 aromatic rings. The van der Waals surface area contributed by atoms with E-state index in [2.05, 4.69) is 34.4 Å². The second-order valence-electron chi connectivity index (χ2n) is 2.90. The summed E-state index contributed by atoms with van der Waals surface area (Å²) in [5.41, 5.74) is 1.27. The Morgan fingerprint density at radius 2 is 2.33 bits per heavy atom. The highest BCUT2D eigenvalue weighted by atomic mass is 32.2. The lowest BCUT2D eigenvalue weighted by Crippen LogP contribution is -2.32. The summed E-state index contributed by atoms with van der Waals surface area (Å²) in [6.07, 6.45) is 3.74. The van der Waals surface area contributed by atoms with Crippen LogP contribution >= 0.6 is 11.9 Å². The van der Waals surface area contributed by atoms with Gasteiger partial charge in [0.05, 0.1) is 17.3 Å². The summed E-state index contributed by atoms with van der Waals surface area (Å²) in [5.74, 6) is 0. The Bertz CT molecular complexity index is 289. The van der Waals surface area contributed by atoms with E-state index in [4.69, 9.17) is 0 Å². The van der Waals surface area contributed by atoms with Crippen LogP contribution in [0.5, 0.6) is 0 Å². The minimum absolute atomic E-state index is 0.960. The fraction of sp³-hybridized carbons (Fsp3) is 0.375. The minimum Gasteiger partial charge on any atom is -0.360 e. The van der Waals surface area contributed by atoms with Crippen LogP contribution in [0.1, 0.15) is 0 Å². The molecule has 3 nitrogen and oxygen atoms in total. The van der Waals surface area contributed by atoms with Gasteiger partial charge in [-0.25, -0.2) is 4.31 Å². The molecule has 0 N–H and O–H groups in total. The van der Waals surface area contributed by atoms with Crippen molar-refractivity contribution < 1.29 is 0 Å². The molecule has 4 heteroatoms. The van der Waals surface area contributed by atoms with Gasteiger partial charge in [-0.1, -0.05) is 0 Å². The van der Waals surface area contributed by atoms with Crippen molar-refractivity contribution in [3.63, 3.8) is 0 Å². The molecule has 0 amide bonds. The van der Waals surface area contributed by atoms with Crippen molar-refractivity contribution in [3.8, 4) is 0 Å². The molecule has 0 saturated heterocycles. The highest BCUT2D eigenvalue weighted by Crippen LogP contribution is 2.34. The van der Waals surface area contributed by atoms with Gasteiger partial charge in [0.1, 0.15) is 0 Å². The van der Waals surface area contributed by atoms with Gasteiger partial charge in [0, 0.05) is 19.4 Å². The van der Waals surface area contributed by atoms with Crippen LogP contribution in [0.3, 0.4) is 0 Å². The molecule has 1 aromatic heterocycles. The van der Waals surface area contributed by atoms with E-state index in [1.807, 2.05) is 12.4 Å². The van der Waals surface area contributed by atoms with Gasteiger partial charge < -0.3 is 4.90 Å². The fourth-order valence-corrected chi connectivity index (χ4v) is 2.32. The first-order valence-corrected chi connectivity index (χ1v) is 4.59. The van der Waals surface area contributed by atoms with E-state index in [-0.39, 0.29) is 0 Å². The topological polar surface area (TPSA) is 19.4 Å². The number of nitrogens with zero attached hydrogens (tertiary/aromatic N) is 3. The lowest BCUT2D eigenvalue weighted by molar-refractivity contribution is 0.550. The summed E-state index contributed by atoms with van der Waals surface area (Å²) in [7, 11) is 4.17. The number of hydrogen-bond donors (Lipinski definition) is 0. The zero-order chi connectivity index (χ0) is 8.55. The summed E-state index contributed by atoms with van der Waals surface area (Å²) in [6.45, 7) is 0.960. The SMILES string of the molecule is CN1CN(C)c2ccncc2S1. The van der Waals surface area contributed by atoms with Gasteiger partial charge in [-0.3, -0.25) is 4.98 Å². The molecule has 0 aliphatic carbocycles. The van der Waals surface area contributed by atoms with Crippen molar-refractivity contribution in [2.45, 2.75) is 4.90 Å². The van der Waals surface area contributed by atoms with E-state index >= 15 is 0 Å². The van der Waals surface area contributed by atoms with Crippen LogP contribution in [-0.4, -0.2) is 30.1 Å². The standard InChI is InChI=1S/C8H11N3S/c1-10-6-11(2)12-8-5-9-4-3-7(8)10/h3-5H,6H2,1-2H3. The fourth-order valence-electron chi connectivity index (χ4n) is 1.33. The van der Waals surface area contributed by atoms with E-state index < -0.39 is 0 Å². The van der Waals surface area contributed by atoms with Crippen LogP contribution in [0.2, 0.25) is 0 Å². The summed E-state index contributed by atoms with van der Waals surface area (Å²) >= 11 is 1.74.